The van der Waals surface area contributed by atoms with E-state index in [4.69, 9.17) is 5.11 Å². The number of hydrogen-bond acceptors (Lipinski definition) is 5. The van der Waals surface area contributed by atoms with Crippen LogP contribution in [0.5, 0.6) is 0 Å². The van der Waals surface area contributed by atoms with Crippen LogP contribution < -0.4 is 5.32 Å². The minimum atomic E-state index is -0.807. The molecule has 1 unspecified atom stereocenters. The molecule has 1 aliphatic heterocycles. The predicted octanol–water partition coefficient (Wildman–Crippen LogP) is -0.844. The Morgan fingerprint density at radius 2 is 2.47 bits per heavy atom. The van der Waals surface area contributed by atoms with Crippen molar-refractivity contribution in [2.45, 2.75) is 26.1 Å². The number of fused-ring (bicyclic) bond motifs is 1. The molecule has 2 N–H and O–H groups in total. The molecule has 1 aromatic heterocycles. The Labute approximate surface area is 99.4 Å². The van der Waals surface area contributed by atoms with Gasteiger partial charge in [-0.05, 0) is 6.54 Å². The summed E-state index contributed by atoms with van der Waals surface area (Å²) in [7, 11) is 0. The Morgan fingerprint density at radius 3 is 3.18 bits per heavy atom. The van der Waals surface area contributed by atoms with Crippen LogP contribution in [-0.4, -0.2) is 56.4 Å². The maximum Gasteiger partial charge on any atom is 0.322 e. The van der Waals surface area contributed by atoms with Gasteiger partial charge in [-0.2, -0.15) is 0 Å². The third-order valence-corrected chi connectivity index (χ3v) is 2.91. The zero-order valence-corrected chi connectivity index (χ0v) is 9.83. The molecule has 0 bridgehead atoms. The summed E-state index contributed by atoms with van der Waals surface area (Å²) in [6.45, 7) is 5.37. The maximum absolute atomic E-state index is 11.0. The molecular formula is C10H17N5O2. The summed E-state index contributed by atoms with van der Waals surface area (Å²) in [6, 6.07) is -0.519. The number of carboxylic acids is 1. The van der Waals surface area contributed by atoms with Gasteiger partial charge in [0.05, 0.1) is 6.54 Å². The summed E-state index contributed by atoms with van der Waals surface area (Å²) in [4.78, 5) is 13.1. The van der Waals surface area contributed by atoms with Crippen molar-refractivity contribution in [3.63, 3.8) is 0 Å². The van der Waals surface area contributed by atoms with E-state index in [1.807, 2.05) is 11.5 Å². The molecule has 7 heteroatoms. The number of aromatic nitrogens is 3. The number of rotatable bonds is 5. The molecule has 0 fully saturated rings. The van der Waals surface area contributed by atoms with Crippen LogP contribution >= 0.6 is 0 Å². The second-order valence-corrected chi connectivity index (χ2v) is 4.12. The largest absolute Gasteiger partial charge is 0.480 e. The number of nitrogens with one attached hydrogen (secondary N) is 1. The summed E-state index contributed by atoms with van der Waals surface area (Å²) >= 11 is 0. The van der Waals surface area contributed by atoms with Crippen LogP contribution in [0.15, 0.2) is 6.33 Å². The van der Waals surface area contributed by atoms with E-state index in [9.17, 15) is 4.79 Å². The number of aliphatic carboxylic acids is 1. The highest BCUT2D eigenvalue weighted by molar-refractivity contribution is 5.73. The van der Waals surface area contributed by atoms with Gasteiger partial charge in [0, 0.05) is 19.6 Å². The van der Waals surface area contributed by atoms with Gasteiger partial charge in [-0.15, -0.1) is 10.2 Å². The summed E-state index contributed by atoms with van der Waals surface area (Å²) in [5, 5.41) is 19.9. The maximum atomic E-state index is 11.0. The molecule has 94 valence electrons. The average molecular weight is 239 g/mol. The Kier molecular flexibility index (Phi) is 3.70. The fraction of sp³-hybridized carbons (Fsp3) is 0.700. The minimum Gasteiger partial charge on any atom is -0.480 e. The number of nitrogens with zero attached hydrogens (tertiary/aromatic N) is 4. The van der Waals surface area contributed by atoms with E-state index in [0.29, 0.717) is 19.6 Å². The zero-order valence-electron chi connectivity index (χ0n) is 9.83. The van der Waals surface area contributed by atoms with Gasteiger partial charge >= 0.3 is 5.97 Å². The van der Waals surface area contributed by atoms with Gasteiger partial charge in [-0.3, -0.25) is 9.69 Å². The normalized spacial score (nSPS) is 17.7. The molecule has 7 nitrogen and oxygen atoms in total. The molecule has 1 aliphatic rings. The van der Waals surface area contributed by atoms with Crippen molar-refractivity contribution in [3.05, 3.63) is 12.2 Å². The molecule has 0 spiro atoms. The van der Waals surface area contributed by atoms with Crippen molar-refractivity contribution >= 4 is 5.97 Å². The number of likely N-dealkylation sites (N-methyl/N-ethyl adjacent to an activating group) is 1. The van der Waals surface area contributed by atoms with Crippen molar-refractivity contribution in [2.24, 2.45) is 0 Å². The van der Waals surface area contributed by atoms with Gasteiger partial charge in [-0.1, -0.05) is 6.92 Å². The van der Waals surface area contributed by atoms with Gasteiger partial charge in [-0.25, -0.2) is 0 Å². The SMILES string of the molecule is CCNC(CN1CCn2cnnc2C1)C(=O)O. The molecule has 17 heavy (non-hydrogen) atoms. The lowest BCUT2D eigenvalue weighted by Crippen LogP contribution is -2.48. The first-order valence-corrected chi connectivity index (χ1v) is 5.76. The predicted molar refractivity (Wildman–Crippen MR) is 60.4 cm³/mol. The molecule has 0 aliphatic carbocycles. The Morgan fingerprint density at radius 1 is 1.65 bits per heavy atom. The van der Waals surface area contributed by atoms with Crippen LogP contribution in [0.4, 0.5) is 0 Å². The van der Waals surface area contributed by atoms with Gasteiger partial charge in [0.1, 0.15) is 18.2 Å². The van der Waals surface area contributed by atoms with Crippen molar-refractivity contribution < 1.29 is 9.90 Å². The number of carboxylic acid groups (broad SMARTS) is 1. The highest BCUT2D eigenvalue weighted by Crippen LogP contribution is 2.09. The highest BCUT2D eigenvalue weighted by atomic mass is 16.4. The van der Waals surface area contributed by atoms with Gasteiger partial charge in [0.2, 0.25) is 0 Å². The molecule has 0 aromatic carbocycles. The molecule has 2 rings (SSSR count). The van der Waals surface area contributed by atoms with Crippen molar-refractivity contribution in [3.8, 4) is 0 Å². The molecule has 1 atom stereocenters. The lowest BCUT2D eigenvalue weighted by molar-refractivity contribution is -0.140. The number of carbonyl (C=O) groups is 1. The van der Waals surface area contributed by atoms with Gasteiger partial charge in [0.15, 0.2) is 0 Å². The Hall–Kier alpha value is -1.47. The lowest BCUT2D eigenvalue weighted by atomic mass is 10.2. The van der Waals surface area contributed by atoms with Crippen molar-refractivity contribution in [1.29, 1.82) is 0 Å². The second-order valence-electron chi connectivity index (χ2n) is 4.12. The van der Waals surface area contributed by atoms with Crippen LogP contribution in [0.1, 0.15) is 12.7 Å². The van der Waals surface area contributed by atoms with E-state index in [2.05, 4.69) is 20.4 Å². The second kappa shape index (κ2) is 5.24. The molecule has 1 aromatic rings. The first kappa shape index (κ1) is 12.0. The third kappa shape index (κ3) is 2.80. The molecule has 2 heterocycles. The van der Waals surface area contributed by atoms with Gasteiger partial charge in [0.25, 0.3) is 0 Å². The van der Waals surface area contributed by atoms with Crippen LogP contribution in [0.3, 0.4) is 0 Å². The van der Waals surface area contributed by atoms with Crippen LogP contribution in [0.2, 0.25) is 0 Å². The van der Waals surface area contributed by atoms with E-state index < -0.39 is 12.0 Å². The highest BCUT2D eigenvalue weighted by Gasteiger charge is 2.23. The van der Waals surface area contributed by atoms with E-state index in [-0.39, 0.29) is 0 Å². The minimum absolute atomic E-state index is 0.496. The third-order valence-electron chi connectivity index (χ3n) is 2.91. The van der Waals surface area contributed by atoms with Crippen molar-refractivity contribution in [2.75, 3.05) is 19.6 Å². The van der Waals surface area contributed by atoms with E-state index in [0.717, 1.165) is 18.9 Å². The topological polar surface area (TPSA) is 83.3 Å². The van der Waals surface area contributed by atoms with Crippen LogP contribution in [0.25, 0.3) is 0 Å². The molecule has 0 saturated carbocycles. The zero-order chi connectivity index (χ0) is 12.3. The van der Waals surface area contributed by atoms with Crippen LogP contribution in [0, 0.1) is 0 Å². The van der Waals surface area contributed by atoms with E-state index >= 15 is 0 Å². The molecule has 0 radical (unpaired) electrons. The fourth-order valence-electron chi connectivity index (χ4n) is 2.01. The lowest BCUT2D eigenvalue weighted by Gasteiger charge is -2.29. The average Bonchev–Trinajstić information content (AvgIpc) is 2.75. The Bertz CT molecular complexity index is 392. The summed E-state index contributed by atoms with van der Waals surface area (Å²) in [5.41, 5.74) is 0. The van der Waals surface area contributed by atoms with Crippen LogP contribution in [-0.2, 0) is 17.9 Å². The monoisotopic (exact) mass is 239 g/mol. The molecular weight excluding hydrogens is 222 g/mol. The molecule has 0 amide bonds. The number of hydrogen-bond donors (Lipinski definition) is 2. The summed E-state index contributed by atoms with van der Waals surface area (Å²) in [5.74, 6) is 0.0933. The Balaban J connectivity index is 1.94. The quantitative estimate of drug-likeness (QED) is 0.697. The van der Waals surface area contributed by atoms with Crippen molar-refractivity contribution in [1.82, 2.24) is 25.0 Å². The van der Waals surface area contributed by atoms with E-state index in [1.54, 1.807) is 6.33 Å². The first-order chi connectivity index (χ1) is 8.20. The van der Waals surface area contributed by atoms with Gasteiger partial charge < -0.3 is 15.0 Å². The molecule has 0 saturated heterocycles. The first-order valence-electron chi connectivity index (χ1n) is 5.76. The van der Waals surface area contributed by atoms with E-state index in [1.165, 1.54) is 0 Å². The standard InChI is InChI=1S/C10H17N5O2/c1-2-11-8(10(16)17)5-14-3-4-15-7-12-13-9(15)6-14/h7-8,11H,2-6H2,1H3,(H,16,17). The summed E-state index contributed by atoms with van der Waals surface area (Å²) < 4.78 is 2.00. The smallest absolute Gasteiger partial charge is 0.322 e. The summed E-state index contributed by atoms with van der Waals surface area (Å²) in [6.07, 6.45) is 1.71. The fourth-order valence-corrected chi connectivity index (χ4v) is 2.01.